The van der Waals surface area contributed by atoms with Gasteiger partial charge in [0.25, 0.3) is 0 Å². The predicted octanol–water partition coefficient (Wildman–Crippen LogP) is 4.20. The van der Waals surface area contributed by atoms with Crippen LogP contribution in [0.3, 0.4) is 0 Å². The van der Waals surface area contributed by atoms with Gasteiger partial charge in [0.05, 0.1) is 16.0 Å². The molecule has 0 unspecified atom stereocenters. The summed E-state index contributed by atoms with van der Waals surface area (Å²) >= 11 is 5.97. The molecular formula is C15H12ClN3O2. The van der Waals surface area contributed by atoms with E-state index in [0.29, 0.717) is 5.69 Å². The third-order valence-corrected chi connectivity index (χ3v) is 3.88. The van der Waals surface area contributed by atoms with Crippen LogP contribution in [0.2, 0.25) is 5.02 Å². The van der Waals surface area contributed by atoms with E-state index in [0.717, 1.165) is 22.2 Å². The Kier molecular flexibility index (Phi) is 3.14. The molecule has 0 bridgehead atoms. The van der Waals surface area contributed by atoms with E-state index in [4.69, 9.17) is 11.6 Å². The minimum atomic E-state index is -0.468. The topological polar surface area (TPSA) is 61.0 Å². The molecule has 0 aliphatic carbocycles. The molecule has 0 saturated carbocycles. The first-order valence-corrected chi connectivity index (χ1v) is 6.74. The van der Waals surface area contributed by atoms with Gasteiger partial charge in [0, 0.05) is 0 Å². The molecule has 1 aromatic heterocycles. The molecule has 3 rings (SSSR count). The van der Waals surface area contributed by atoms with Gasteiger partial charge in [-0.25, -0.2) is 4.98 Å². The molecule has 0 spiro atoms. The fraction of sp³-hybridized carbons (Fsp3) is 0.133. The Morgan fingerprint density at radius 2 is 1.95 bits per heavy atom. The summed E-state index contributed by atoms with van der Waals surface area (Å²) in [6.45, 7) is 4.01. The third kappa shape index (κ3) is 2.15. The standard InChI is InChI=1S/C15H12ClN3O2/c1-9-6-12-14(7-10(9)2)18(8-17-12)13-5-3-4-11(16)15(13)19(20)21/h3-8H,1-2H3. The van der Waals surface area contributed by atoms with Crippen molar-refractivity contribution >= 4 is 28.3 Å². The zero-order valence-corrected chi connectivity index (χ0v) is 12.3. The second-order valence-electron chi connectivity index (χ2n) is 4.90. The highest BCUT2D eigenvalue weighted by Crippen LogP contribution is 2.33. The average molecular weight is 302 g/mol. The van der Waals surface area contributed by atoms with Crippen molar-refractivity contribution in [2.24, 2.45) is 0 Å². The Hall–Kier alpha value is -2.40. The number of aryl methyl sites for hydroxylation is 2. The molecule has 106 valence electrons. The van der Waals surface area contributed by atoms with Gasteiger partial charge in [-0.15, -0.1) is 0 Å². The smallest absolute Gasteiger partial charge is 0.293 e. The minimum absolute atomic E-state index is 0.114. The molecule has 0 atom stereocenters. The van der Waals surface area contributed by atoms with Crippen LogP contribution in [0.5, 0.6) is 0 Å². The second-order valence-corrected chi connectivity index (χ2v) is 5.31. The summed E-state index contributed by atoms with van der Waals surface area (Å²) in [6, 6.07) is 8.81. The van der Waals surface area contributed by atoms with Gasteiger partial charge in [0.2, 0.25) is 0 Å². The van der Waals surface area contributed by atoms with Gasteiger partial charge in [-0.2, -0.15) is 0 Å². The first-order chi connectivity index (χ1) is 9.99. The normalized spacial score (nSPS) is 11.0. The monoisotopic (exact) mass is 301 g/mol. The Morgan fingerprint density at radius 1 is 1.24 bits per heavy atom. The number of benzene rings is 2. The lowest BCUT2D eigenvalue weighted by Gasteiger charge is -2.07. The molecule has 21 heavy (non-hydrogen) atoms. The summed E-state index contributed by atoms with van der Waals surface area (Å²) in [5.41, 5.74) is 4.16. The fourth-order valence-electron chi connectivity index (χ4n) is 2.34. The maximum absolute atomic E-state index is 11.3. The van der Waals surface area contributed by atoms with E-state index in [-0.39, 0.29) is 10.7 Å². The van der Waals surface area contributed by atoms with E-state index in [1.165, 1.54) is 6.07 Å². The second kappa shape index (κ2) is 4.86. The number of nitro benzene ring substituents is 1. The summed E-state index contributed by atoms with van der Waals surface area (Å²) in [6.07, 6.45) is 1.59. The summed E-state index contributed by atoms with van der Waals surface area (Å²) < 4.78 is 1.70. The van der Waals surface area contributed by atoms with E-state index in [1.807, 2.05) is 26.0 Å². The number of fused-ring (bicyclic) bond motifs is 1. The van der Waals surface area contributed by atoms with Crippen LogP contribution in [-0.4, -0.2) is 14.5 Å². The van der Waals surface area contributed by atoms with E-state index >= 15 is 0 Å². The van der Waals surface area contributed by atoms with Crippen LogP contribution in [0.1, 0.15) is 11.1 Å². The SMILES string of the molecule is Cc1cc2ncn(-c3cccc(Cl)c3[N+](=O)[O-])c2cc1C. The molecule has 1 heterocycles. The lowest BCUT2D eigenvalue weighted by molar-refractivity contribution is -0.384. The van der Waals surface area contributed by atoms with Crippen LogP contribution >= 0.6 is 11.6 Å². The molecule has 0 radical (unpaired) electrons. The van der Waals surface area contributed by atoms with Crippen molar-refractivity contribution in [2.45, 2.75) is 13.8 Å². The number of nitrogens with zero attached hydrogens (tertiary/aromatic N) is 3. The van der Waals surface area contributed by atoms with Crippen LogP contribution in [0.25, 0.3) is 16.7 Å². The van der Waals surface area contributed by atoms with Crippen LogP contribution in [0.15, 0.2) is 36.7 Å². The van der Waals surface area contributed by atoms with Crippen molar-refractivity contribution in [1.29, 1.82) is 0 Å². The van der Waals surface area contributed by atoms with Gasteiger partial charge >= 0.3 is 5.69 Å². The Morgan fingerprint density at radius 3 is 2.67 bits per heavy atom. The van der Waals surface area contributed by atoms with Crippen LogP contribution in [0.4, 0.5) is 5.69 Å². The highest BCUT2D eigenvalue weighted by atomic mass is 35.5. The summed E-state index contributed by atoms with van der Waals surface area (Å²) in [5, 5.41) is 11.4. The van der Waals surface area contributed by atoms with Crippen LogP contribution in [-0.2, 0) is 0 Å². The zero-order chi connectivity index (χ0) is 15.1. The number of nitro groups is 1. The highest BCUT2D eigenvalue weighted by Gasteiger charge is 2.21. The number of para-hydroxylation sites is 1. The van der Waals surface area contributed by atoms with Gasteiger partial charge in [-0.1, -0.05) is 17.7 Å². The number of imidazole rings is 1. The molecule has 2 aromatic carbocycles. The van der Waals surface area contributed by atoms with E-state index in [9.17, 15) is 10.1 Å². The van der Waals surface area contributed by atoms with Gasteiger partial charge in [-0.3, -0.25) is 14.7 Å². The Balaban J connectivity index is 2.34. The van der Waals surface area contributed by atoms with Crippen LogP contribution < -0.4 is 0 Å². The number of hydrogen-bond donors (Lipinski definition) is 0. The maximum atomic E-state index is 11.3. The van der Waals surface area contributed by atoms with Crippen molar-refractivity contribution in [3.63, 3.8) is 0 Å². The number of halogens is 1. The molecule has 0 fully saturated rings. The highest BCUT2D eigenvalue weighted by molar-refractivity contribution is 6.33. The van der Waals surface area contributed by atoms with Crippen LogP contribution in [0, 0.1) is 24.0 Å². The lowest BCUT2D eigenvalue weighted by Crippen LogP contribution is -2.00. The van der Waals surface area contributed by atoms with Gasteiger partial charge in [-0.05, 0) is 49.2 Å². The quantitative estimate of drug-likeness (QED) is 0.526. The predicted molar refractivity (Wildman–Crippen MR) is 82.2 cm³/mol. The Labute approximate surface area is 125 Å². The molecule has 5 nitrogen and oxygen atoms in total. The molecule has 0 saturated heterocycles. The first-order valence-electron chi connectivity index (χ1n) is 6.36. The lowest BCUT2D eigenvalue weighted by atomic mass is 10.1. The van der Waals surface area contributed by atoms with E-state index in [1.54, 1.807) is 23.0 Å². The van der Waals surface area contributed by atoms with Crippen molar-refractivity contribution in [1.82, 2.24) is 9.55 Å². The summed E-state index contributed by atoms with van der Waals surface area (Å²) in [5.74, 6) is 0. The summed E-state index contributed by atoms with van der Waals surface area (Å²) in [4.78, 5) is 15.1. The number of hydrogen-bond acceptors (Lipinski definition) is 3. The number of rotatable bonds is 2. The molecule has 3 aromatic rings. The molecule has 0 aliphatic heterocycles. The van der Waals surface area contributed by atoms with Crippen molar-refractivity contribution < 1.29 is 4.92 Å². The molecule has 0 aliphatic rings. The Bertz CT molecular complexity index is 871. The maximum Gasteiger partial charge on any atom is 0.311 e. The van der Waals surface area contributed by atoms with Crippen molar-refractivity contribution in [2.75, 3.05) is 0 Å². The van der Waals surface area contributed by atoms with Gasteiger partial charge < -0.3 is 0 Å². The van der Waals surface area contributed by atoms with Crippen molar-refractivity contribution in [3.8, 4) is 5.69 Å². The molecule has 0 N–H and O–H groups in total. The average Bonchev–Trinajstić information content (AvgIpc) is 2.81. The van der Waals surface area contributed by atoms with E-state index < -0.39 is 4.92 Å². The molecule has 0 amide bonds. The van der Waals surface area contributed by atoms with Gasteiger partial charge in [0.15, 0.2) is 0 Å². The first kappa shape index (κ1) is 13.6. The van der Waals surface area contributed by atoms with Gasteiger partial charge in [0.1, 0.15) is 17.0 Å². The largest absolute Gasteiger partial charge is 0.311 e. The molecule has 6 heteroatoms. The minimum Gasteiger partial charge on any atom is -0.293 e. The number of aromatic nitrogens is 2. The van der Waals surface area contributed by atoms with E-state index in [2.05, 4.69) is 4.98 Å². The third-order valence-electron chi connectivity index (χ3n) is 3.57. The molecular weight excluding hydrogens is 290 g/mol. The summed E-state index contributed by atoms with van der Waals surface area (Å²) in [7, 11) is 0. The fourth-order valence-corrected chi connectivity index (χ4v) is 2.57. The zero-order valence-electron chi connectivity index (χ0n) is 11.5. The van der Waals surface area contributed by atoms with Crippen molar-refractivity contribution in [3.05, 3.63) is 62.9 Å².